The fourth-order valence-electron chi connectivity index (χ4n) is 1.86. The van der Waals surface area contributed by atoms with Crippen molar-refractivity contribution < 1.29 is 4.39 Å². The molecule has 0 saturated carbocycles. The average molecular weight is 195 g/mol. The number of pyridine rings is 1. The number of aromatic nitrogens is 1. The lowest BCUT2D eigenvalue weighted by atomic mass is 9.94. The Hall–Kier alpha value is -1.16. The molecule has 3 nitrogen and oxygen atoms in total. The summed E-state index contributed by atoms with van der Waals surface area (Å²) in [5.74, 6) is -0.118. The topological polar surface area (TPSA) is 50.9 Å². The fourth-order valence-corrected chi connectivity index (χ4v) is 1.86. The summed E-state index contributed by atoms with van der Waals surface area (Å²) < 4.78 is 13.0. The molecule has 0 unspecified atom stereocenters. The van der Waals surface area contributed by atoms with Crippen molar-refractivity contribution in [2.24, 2.45) is 0 Å². The van der Waals surface area contributed by atoms with Crippen molar-refractivity contribution in [2.45, 2.75) is 18.8 Å². The first kappa shape index (κ1) is 9.40. The molecule has 1 fully saturated rings. The van der Waals surface area contributed by atoms with Crippen LogP contribution >= 0.6 is 0 Å². The Morgan fingerprint density at radius 2 is 2.07 bits per heavy atom. The molecule has 0 bridgehead atoms. The number of nitrogen functional groups attached to an aromatic ring is 1. The lowest BCUT2D eigenvalue weighted by molar-refractivity contribution is 0.446. The zero-order valence-electron chi connectivity index (χ0n) is 7.96. The van der Waals surface area contributed by atoms with E-state index in [0.717, 1.165) is 31.6 Å². The number of piperidine rings is 1. The van der Waals surface area contributed by atoms with Gasteiger partial charge in [-0.2, -0.15) is 4.39 Å². The van der Waals surface area contributed by atoms with Gasteiger partial charge in [-0.05, 0) is 32.0 Å². The van der Waals surface area contributed by atoms with Gasteiger partial charge in [0.2, 0.25) is 5.95 Å². The quantitative estimate of drug-likeness (QED) is 0.663. The summed E-state index contributed by atoms with van der Waals surface area (Å²) in [6.07, 6.45) is 2.02. The van der Waals surface area contributed by atoms with E-state index >= 15 is 0 Å². The molecule has 1 aromatic rings. The molecule has 0 amide bonds. The highest BCUT2D eigenvalue weighted by Crippen LogP contribution is 2.24. The number of nitrogens with one attached hydrogen (secondary N) is 1. The third-order valence-corrected chi connectivity index (χ3v) is 2.59. The third-order valence-electron chi connectivity index (χ3n) is 2.59. The summed E-state index contributed by atoms with van der Waals surface area (Å²) in [7, 11) is 0. The highest BCUT2D eigenvalue weighted by Gasteiger charge is 2.17. The maximum Gasteiger partial charge on any atom is 0.215 e. The molecule has 0 aliphatic carbocycles. The smallest absolute Gasteiger partial charge is 0.215 e. The van der Waals surface area contributed by atoms with Crippen LogP contribution in [0.4, 0.5) is 10.1 Å². The van der Waals surface area contributed by atoms with Crippen LogP contribution in [0.5, 0.6) is 0 Å². The number of nitrogens with zero attached hydrogens (tertiary/aromatic N) is 1. The van der Waals surface area contributed by atoms with Crippen LogP contribution in [0.2, 0.25) is 0 Å². The number of hydrogen-bond acceptors (Lipinski definition) is 3. The molecule has 0 radical (unpaired) electrons. The SMILES string of the molecule is Nc1cc(F)nc(C2CCNCC2)c1. The number of hydrogen-bond donors (Lipinski definition) is 2. The van der Waals surface area contributed by atoms with Crippen LogP contribution in [0.15, 0.2) is 12.1 Å². The van der Waals surface area contributed by atoms with E-state index in [-0.39, 0.29) is 0 Å². The summed E-state index contributed by atoms with van der Waals surface area (Å²) in [6.45, 7) is 1.95. The fraction of sp³-hybridized carbons (Fsp3) is 0.500. The molecular weight excluding hydrogens is 181 g/mol. The average Bonchev–Trinajstić information content (AvgIpc) is 2.18. The molecule has 0 spiro atoms. The molecule has 1 aliphatic heterocycles. The standard InChI is InChI=1S/C10H14FN3/c11-10-6-8(12)5-9(14-10)7-1-3-13-4-2-7/h5-7,13H,1-4H2,(H2,12,14). The van der Waals surface area contributed by atoms with Crippen molar-refractivity contribution in [3.05, 3.63) is 23.8 Å². The van der Waals surface area contributed by atoms with Crippen molar-refractivity contribution >= 4 is 5.69 Å². The van der Waals surface area contributed by atoms with Gasteiger partial charge in [-0.15, -0.1) is 0 Å². The minimum absolute atomic E-state index is 0.356. The first-order chi connectivity index (χ1) is 6.75. The van der Waals surface area contributed by atoms with Crippen LogP contribution in [0.3, 0.4) is 0 Å². The van der Waals surface area contributed by atoms with Crippen molar-refractivity contribution in [3.63, 3.8) is 0 Å². The van der Waals surface area contributed by atoms with Crippen molar-refractivity contribution in [2.75, 3.05) is 18.8 Å². The second-order valence-electron chi connectivity index (χ2n) is 3.67. The first-order valence-electron chi connectivity index (χ1n) is 4.89. The Kier molecular flexibility index (Phi) is 2.63. The largest absolute Gasteiger partial charge is 0.399 e. The van der Waals surface area contributed by atoms with E-state index in [2.05, 4.69) is 10.3 Å². The van der Waals surface area contributed by atoms with Crippen LogP contribution in [0.25, 0.3) is 0 Å². The summed E-state index contributed by atoms with van der Waals surface area (Å²) in [6, 6.07) is 3.03. The van der Waals surface area contributed by atoms with Crippen LogP contribution in [0, 0.1) is 5.95 Å². The third kappa shape index (κ3) is 2.01. The summed E-state index contributed by atoms with van der Waals surface area (Å²) in [5.41, 5.74) is 6.83. The number of halogens is 1. The van der Waals surface area contributed by atoms with Crippen molar-refractivity contribution in [3.8, 4) is 0 Å². The Bertz CT molecular complexity index is 301. The van der Waals surface area contributed by atoms with E-state index in [4.69, 9.17) is 5.73 Å². The molecule has 4 heteroatoms. The normalized spacial score (nSPS) is 18.4. The second-order valence-corrected chi connectivity index (χ2v) is 3.67. The molecule has 1 saturated heterocycles. The molecule has 0 atom stereocenters. The van der Waals surface area contributed by atoms with Gasteiger partial charge in [-0.3, -0.25) is 0 Å². The maximum atomic E-state index is 13.0. The van der Waals surface area contributed by atoms with Crippen LogP contribution in [-0.2, 0) is 0 Å². The van der Waals surface area contributed by atoms with Crippen molar-refractivity contribution in [1.82, 2.24) is 10.3 Å². The van der Waals surface area contributed by atoms with Gasteiger partial charge in [0.1, 0.15) is 0 Å². The number of anilines is 1. The summed E-state index contributed by atoms with van der Waals surface area (Å²) in [5, 5.41) is 3.26. The highest BCUT2D eigenvalue weighted by atomic mass is 19.1. The molecule has 3 N–H and O–H groups in total. The van der Waals surface area contributed by atoms with Gasteiger partial charge in [0.15, 0.2) is 0 Å². The summed E-state index contributed by atoms with van der Waals surface area (Å²) >= 11 is 0. The Morgan fingerprint density at radius 3 is 2.71 bits per heavy atom. The Balaban J connectivity index is 2.21. The molecule has 1 aliphatic rings. The van der Waals surface area contributed by atoms with Gasteiger partial charge in [-0.1, -0.05) is 0 Å². The van der Waals surface area contributed by atoms with E-state index in [9.17, 15) is 4.39 Å². The lowest BCUT2D eigenvalue weighted by Crippen LogP contribution is -2.27. The predicted octanol–water partition coefficient (Wildman–Crippen LogP) is 1.27. The molecule has 2 heterocycles. The van der Waals surface area contributed by atoms with Gasteiger partial charge in [0.25, 0.3) is 0 Å². The summed E-state index contributed by atoms with van der Waals surface area (Å²) in [4.78, 5) is 3.88. The van der Waals surface area contributed by atoms with Crippen LogP contribution < -0.4 is 11.1 Å². The molecular formula is C10H14FN3. The minimum Gasteiger partial charge on any atom is -0.399 e. The van der Waals surface area contributed by atoms with Gasteiger partial charge in [-0.25, -0.2) is 4.98 Å². The lowest BCUT2D eigenvalue weighted by Gasteiger charge is -2.22. The van der Waals surface area contributed by atoms with E-state index in [1.54, 1.807) is 6.07 Å². The van der Waals surface area contributed by atoms with E-state index in [1.165, 1.54) is 6.07 Å². The second kappa shape index (κ2) is 3.92. The van der Waals surface area contributed by atoms with Gasteiger partial charge >= 0.3 is 0 Å². The van der Waals surface area contributed by atoms with E-state index in [1.807, 2.05) is 0 Å². The number of nitrogens with two attached hydrogens (primary N) is 1. The van der Waals surface area contributed by atoms with Gasteiger partial charge < -0.3 is 11.1 Å². The minimum atomic E-state index is -0.474. The maximum absolute atomic E-state index is 13.0. The van der Waals surface area contributed by atoms with Crippen LogP contribution in [-0.4, -0.2) is 18.1 Å². The predicted molar refractivity (Wildman–Crippen MR) is 53.5 cm³/mol. The van der Waals surface area contributed by atoms with Crippen molar-refractivity contribution in [1.29, 1.82) is 0 Å². The zero-order valence-corrected chi connectivity index (χ0v) is 7.96. The monoisotopic (exact) mass is 195 g/mol. The van der Waals surface area contributed by atoms with E-state index in [0.29, 0.717) is 11.6 Å². The van der Waals surface area contributed by atoms with Gasteiger partial charge in [0, 0.05) is 23.4 Å². The molecule has 14 heavy (non-hydrogen) atoms. The first-order valence-corrected chi connectivity index (χ1v) is 4.89. The van der Waals surface area contributed by atoms with Crippen LogP contribution in [0.1, 0.15) is 24.5 Å². The molecule has 1 aromatic heterocycles. The number of rotatable bonds is 1. The van der Waals surface area contributed by atoms with E-state index < -0.39 is 5.95 Å². The highest BCUT2D eigenvalue weighted by molar-refractivity contribution is 5.38. The molecule has 76 valence electrons. The van der Waals surface area contributed by atoms with Gasteiger partial charge in [0.05, 0.1) is 0 Å². The zero-order chi connectivity index (χ0) is 9.97. The molecule has 2 rings (SSSR count). The Labute approximate surface area is 82.5 Å². The Morgan fingerprint density at radius 1 is 1.36 bits per heavy atom. The molecule has 0 aromatic carbocycles.